The summed E-state index contributed by atoms with van der Waals surface area (Å²) in [5.74, 6) is -0.152. The largest absolute Gasteiger partial charge is 0.481 e. The topological polar surface area (TPSA) is 51.5 Å². The third kappa shape index (κ3) is 3.90. The first kappa shape index (κ1) is 21.6. The number of fused-ring (bicyclic) bond motifs is 1. The van der Waals surface area contributed by atoms with E-state index in [1.165, 1.54) is 17.1 Å². The van der Waals surface area contributed by atoms with Gasteiger partial charge in [0.25, 0.3) is 0 Å². The van der Waals surface area contributed by atoms with Crippen LogP contribution in [0, 0.1) is 11.6 Å². The van der Waals surface area contributed by atoms with Crippen molar-refractivity contribution in [1.82, 2.24) is 4.90 Å². The molecule has 2 aliphatic heterocycles. The van der Waals surface area contributed by atoms with Gasteiger partial charge in [-0.2, -0.15) is 5.10 Å². The summed E-state index contributed by atoms with van der Waals surface area (Å²) >= 11 is 6.26. The number of amidine groups is 1. The van der Waals surface area contributed by atoms with Gasteiger partial charge in [0, 0.05) is 24.2 Å². The second kappa shape index (κ2) is 8.51. The highest BCUT2D eigenvalue weighted by molar-refractivity contribution is 6.31. The summed E-state index contributed by atoms with van der Waals surface area (Å²) in [4.78, 5) is 3.91. The van der Waals surface area contributed by atoms with Crippen molar-refractivity contribution in [2.45, 2.75) is 32.9 Å². The van der Waals surface area contributed by atoms with E-state index >= 15 is 4.39 Å². The molecule has 9 heteroatoms. The Morgan fingerprint density at radius 2 is 2.00 bits per heavy atom. The molecule has 1 N–H and O–H groups in total. The van der Waals surface area contributed by atoms with Crippen LogP contribution in [0.3, 0.4) is 0 Å². The van der Waals surface area contributed by atoms with Crippen LogP contribution in [-0.4, -0.2) is 48.2 Å². The van der Waals surface area contributed by atoms with Gasteiger partial charge in [-0.05, 0) is 39.0 Å². The summed E-state index contributed by atoms with van der Waals surface area (Å²) in [5, 5.41) is 15.7. The first-order valence-electron chi connectivity index (χ1n) is 10.3. The van der Waals surface area contributed by atoms with Gasteiger partial charge in [0.05, 0.1) is 22.9 Å². The van der Waals surface area contributed by atoms with E-state index in [9.17, 15) is 9.50 Å². The van der Waals surface area contributed by atoms with E-state index in [0.29, 0.717) is 37.0 Å². The molecule has 1 unspecified atom stereocenters. The minimum atomic E-state index is -0.671. The van der Waals surface area contributed by atoms with E-state index in [-0.39, 0.29) is 28.9 Å². The van der Waals surface area contributed by atoms with Gasteiger partial charge in [0.15, 0.2) is 11.7 Å². The van der Waals surface area contributed by atoms with Crippen molar-refractivity contribution in [3.63, 3.8) is 0 Å². The minimum absolute atomic E-state index is 0.0521. The number of halogens is 3. The summed E-state index contributed by atoms with van der Waals surface area (Å²) in [6.45, 7) is 7.10. The molecular weight excluding hydrogens is 426 g/mol. The van der Waals surface area contributed by atoms with Crippen LogP contribution in [0.15, 0.2) is 35.4 Å². The fraction of sp³-hybridized carbons (Fsp3) is 0.409. The summed E-state index contributed by atoms with van der Waals surface area (Å²) < 4.78 is 35.7. The lowest BCUT2D eigenvalue weighted by molar-refractivity contribution is 0.188. The molecule has 2 aromatic rings. The van der Waals surface area contributed by atoms with Crippen LogP contribution in [-0.2, 0) is 0 Å². The van der Waals surface area contributed by atoms with E-state index in [2.05, 4.69) is 5.10 Å². The molecule has 0 aromatic heterocycles. The Labute approximate surface area is 185 Å². The van der Waals surface area contributed by atoms with Crippen molar-refractivity contribution in [1.29, 1.82) is 0 Å². The van der Waals surface area contributed by atoms with Crippen molar-refractivity contribution in [2.75, 3.05) is 36.3 Å². The molecule has 0 aliphatic carbocycles. The Morgan fingerprint density at radius 3 is 2.61 bits per heavy atom. The first-order chi connectivity index (χ1) is 14.8. The lowest BCUT2D eigenvalue weighted by atomic mass is 10.0. The number of hydrogen-bond acceptors (Lipinski definition) is 6. The third-order valence-corrected chi connectivity index (χ3v) is 5.95. The molecule has 2 aliphatic rings. The molecule has 0 fully saturated rings. The van der Waals surface area contributed by atoms with E-state index in [4.69, 9.17) is 16.3 Å². The molecule has 2 heterocycles. The van der Waals surface area contributed by atoms with Crippen LogP contribution in [0.25, 0.3) is 0 Å². The molecule has 0 saturated heterocycles. The normalized spacial score (nSPS) is 18.4. The number of aliphatic hydroxyl groups is 1. The Hall–Kier alpha value is -2.58. The zero-order valence-corrected chi connectivity index (χ0v) is 18.4. The summed E-state index contributed by atoms with van der Waals surface area (Å²) in [5.41, 5.74) is 1.25. The van der Waals surface area contributed by atoms with E-state index < -0.39 is 17.7 Å². The fourth-order valence-electron chi connectivity index (χ4n) is 4.00. The average Bonchev–Trinajstić information content (AvgIpc) is 3.15. The van der Waals surface area contributed by atoms with Crippen molar-refractivity contribution >= 4 is 28.8 Å². The molecular formula is C22H25ClF2N4O2. The number of hydrogen-bond donors (Lipinski definition) is 1. The highest BCUT2D eigenvalue weighted by atomic mass is 35.5. The number of rotatable bonds is 5. The number of anilines is 2. The van der Waals surface area contributed by atoms with Gasteiger partial charge < -0.3 is 19.6 Å². The quantitative estimate of drug-likeness (QED) is 0.733. The molecule has 6 nitrogen and oxygen atoms in total. The van der Waals surface area contributed by atoms with E-state index in [1.807, 2.05) is 30.6 Å². The highest BCUT2D eigenvalue weighted by Gasteiger charge is 2.34. The van der Waals surface area contributed by atoms with Gasteiger partial charge in [-0.25, -0.2) is 13.8 Å². The van der Waals surface area contributed by atoms with Crippen LogP contribution < -0.4 is 14.6 Å². The predicted octanol–water partition coefficient (Wildman–Crippen LogP) is 4.37. The standard InChI is InChI=1S/C22H25ClF2N4O2/c1-4-27-12-29(26-21(27)11-30)17-9-18-19(8-16(17)25)31-20(10-28(18)13(2)3)22-14(23)6-5-7-15(22)24/h5-9,13,20,30H,4,10-12H2,1-3H3. The molecule has 4 rings (SSSR count). The van der Waals surface area contributed by atoms with Gasteiger partial charge in [0.1, 0.15) is 30.9 Å². The summed E-state index contributed by atoms with van der Waals surface area (Å²) in [6, 6.07) is 7.56. The molecule has 0 spiro atoms. The molecule has 31 heavy (non-hydrogen) atoms. The smallest absolute Gasteiger partial charge is 0.152 e. The van der Waals surface area contributed by atoms with Crippen molar-refractivity contribution in [2.24, 2.45) is 5.10 Å². The predicted molar refractivity (Wildman–Crippen MR) is 118 cm³/mol. The van der Waals surface area contributed by atoms with Crippen LogP contribution >= 0.6 is 11.6 Å². The van der Waals surface area contributed by atoms with Crippen LogP contribution in [0.2, 0.25) is 5.02 Å². The highest BCUT2D eigenvalue weighted by Crippen LogP contribution is 2.44. The van der Waals surface area contributed by atoms with Crippen molar-refractivity contribution in [3.05, 3.63) is 52.6 Å². The van der Waals surface area contributed by atoms with Crippen LogP contribution in [0.5, 0.6) is 5.75 Å². The Bertz CT molecular complexity index is 997. The lowest BCUT2D eigenvalue weighted by Crippen LogP contribution is -2.40. The zero-order chi connectivity index (χ0) is 22.3. The molecule has 166 valence electrons. The lowest BCUT2D eigenvalue weighted by Gasteiger charge is -2.39. The SMILES string of the molecule is CCN1CN(c2cc3c(cc2F)OC(c2c(F)cccc2Cl)CN3C(C)C)N=C1CO. The molecule has 0 amide bonds. The molecule has 0 radical (unpaired) electrons. The van der Waals surface area contributed by atoms with E-state index in [0.717, 1.165) is 0 Å². The number of nitrogens with zero attached hydrogens (tertiary/aromatic N) is 4. The second-order valence-electron chi connectivity index (χ2n) is 7.83. The number of benzene rings is 2. The number of aliphatic hydroxyl groups excluding tert-OH is 1. The maximum absolute atomic E-state index is 15.1. The van der Waals surface area contributed by atoms with Crippen LogP contribution in [0.4, 0.5) is 20.2 Å². The third-order valence-electron chi connectivity index (χ3n) is 5.62. The van der Waals surface area contributed by atoms with Gasteiger partial charge >= 0.3 is 0 Å². The van der Waals surface area contributed by atoms with Crippen molar-refractivity contribution < 1.29 is 18.6 Å². The number of ether oxygens (including phenoxy) is 1. The maximum Gasteiger partial charge on any atom is 0.152 e. The number of hydrazone groups is 1. The molecule has 1 atom stereocenters. The summed E-state index contributed by atoms with van der Waals surface area (Å²) in [6.07, 6.45) is -0.671. The molecule has 2 aromatic carbocycles. The molecule has 0 bridgehead atoms. The second-order valence-corrected chi connectivity index (χ2v) is 8.24. The zero-order valence-electron chi connectivity index (χ0n) is 17.6. The fourth-order valence-corrected chi connectivity index (χ4v) is 4.28. The monoisotopic (exact) mass is 450 g/mol. The minimum Gasteiger partial charge on any atom is -0.481 e. The van der Waals surface area contributed by atoms with Gasteiger partial charge in [-0.1, -0.05) is 17.7 Å². The first-order valence-corrected chi connectivity index (χ1v) is 10.6. The Kier molecular flexibility index (Phi) is 5.94. The van der Waals surface area contributed by atoms with Crippen LogP contribution in [0.1, 0.15) is 32.4 Å². The van der Waals surface area contributed by atoms with Gasteiger partial charge in [-0.15, -0.1) is 0 Å². The average molecular weight is 451 g/mol. The van der Waals surface area contributed by atoms with Gasteiger partial charge in [0.2, 0.25) is 0 Å². The van der Waals surface area contributed by atoms with E-state index in [1.54, 1.807) is 18.2 Å². The number of likely N-dealkylation sites (N-methyl/N-ethyl adjacent to an activating group) is 1. The molecule has 0 saturated carbocycles. The van der Waals surface area contributed by atoms with Crippen molar-refractivity contribution in [3.8, 4) is 5.75 Å². The van der Waals surface area contributed by atoms with Gasteiger partial charge in [-0.3, -0.25) is 0 Å². The Balaban J connectivity index is 1.74. The maximum atomic E-state index is 15.1. The summed E-state index contributed by atoms with van der Waals surface area (Å²) in [7, 11) is 0. The Morgan fingerprint density at radius 1 is 1.23 bits per heavy atom.